The summed E-state index contributed by atoms with van der Waals surface area (Å²) in [6.07, 6.45) is 8.11. The molecular formula is C19H13ClN4O2S. The number of hydrogen-bond donors (Lipinski definition) is 2. The molecule has 0 saturated heterocycles. The van der Waals surface area contributed by atoms with Crippen LogP contribution in [0.25, 0.3) is 10.4 Å². The second-order valence-electron chi connectivity index (χ2n) is 5.51. The van der Waals surface area contributed by atoms with Gasteiger partial charge in [-0.05, 0) is 36.4 Å². The Hall–Kier alpha value is -3.16. The molecule has 0 radical (unpaired) electrons. The average molecular weight is 397 g/mol. The van der Waals surface area contributed by atoms with Crippen molar-refractivity contribution in [2.45, 2.75) is 0 Å². The maximum absolute atomic E-state index is 12.6. The summed E-state index contributed by atoms with van der Waals surface area (Å²) < 4.78 is 6.26. The van der Waals surface area contributed by atoms with Gasteiger partial charge in [-0.1, -0.05) is 11.6 Å². The summed E-state index contributed by atoms with van der Waals surface area (Å²) >= 11 is 7.42. The summed E-state index contributed by atoms with van der Waals surface area (Å²) in [7, 11) is 0. The van der Waals surface area contributed by atoms with Crippen molar-refractivity contribution < 1.29 is 9.53 Å². The zero-order chi connectivity index (χ0) is 18.6. The second kappa shape index (κ2) is 7.61. The van der Waals surface area contributed by atoms with Crippen molar-refractivity contribution in [1.82, 2.24) is 15.0 Å². The molecule has 3 aromatic heterocycles. The van der Waals surface area contributed by atoms with Crippen LogP contribution in [0.2, 0.25) is 4.34 Å². The fraction of sp³-hybridized carbons (Fsp3) is 0. The number of halogens is 1. The van der Waals surface area contributed by atoms with Gasteiger partial charge in [0.1, 0.15) is 5.75 Å². The van der Waals surface area contributed by atoms with E-state index in [9.17, 15) is 4.79 Å². The third-order valence-corrected chi connectivity index (χ3v) is 4.97. The highest BCUT2D eigenvalue weighted by Gasteiger charge is 2.15. The number of nitrogens with zero attached hydrogens (tertiary/aromatic N) is 2. The van der Waals surface area contributed by atoms with E-state index in [0.29, 0.717) is 27.2 Å². The molecule has 0 aliphatic carbocycles. The minimum atomic E-state index is -0.210. The van der Waals surface area contributed by atoms with Gasteiger partial charge in [0, 0.05) is 40.9 Å². The third kappa shape index (κ3) is 3.99. The summed E-state index contributed by atoms with van der Waals surface area (Å²) in [6, 6.07) is 10.7. The average Bonchev–Trinajstić information content (AvgIpc) is 3.33. The van der Waals surface area contributed by atoms with Gasteiger partial charge in [0.25, 0.3) is 5.91 Å². The Morgan fingerprint density at radius 3 is 2.67 bits per heavy atom. The third-order valence-electron chi connectivity index (χ3n) is 3.70. The lowest BCUT2D eigenvalue weighted by molar-refractivity contribution is 0.102. The molecule has 4 aromatic rings. The Balaban J connectivity index is 1.47. The van der Waals surface area contributed by atoms with E-state index in [1.807, 2.05) is 12.1 Å². The molecule has 6 nitrogen and oxygen atoms in total. The van der Waals surface area contributed by atoms with Gasteiger partial charge < -0.3 is 15.0 Å². The fourth-order valence-corrected chi connectivity index (χ4v) is 3.55. The normalized spacial score (nSPS) is 10.6. The van der Waals surface area contributed by atoms with Crippen LogP contribution in [0.1, 0.15) is 10.4 Å². The Morgan fingerprint density at radius 1 is 1.11 bits per heavy atom. The Bertz CT molecular complexity index is 1060. The van der Waals surface area contributed by atoms with Crippen LogP contribution in [0.3, 0.4) is 0 Å². The van der Waals surface area contributed by atoms with Crippen LogP contribution >= 0.6 is 22.9 Å². The predicted molar refractivity (Wildman–Crippen MR) is 106 cm³/mol. The predicted octanol–water partition coefficient (Wildman–Crippen LogP) is 5.23. The van der Waals surface area contributed by atoms with Gasteiger partial charge in [0.15, 0.2) is 0 Å². The van der Waals surface area contributed by atoms with Gasteiger partial charge in [0.05, 0.1) is 16.1 Å². The highest BCUT2D eigenvalue weighted by atomic mass is 35.5. The van der Waals surface area contributed by atoms with E-state index in [-0.39, 0.29) is 5.91 Å². The first-order valence-electron chi connectivity index (χ1n) is 7.97. The van der Waals surface area contributed by atoms with Crippen molar-refractivity contribution >= 4 is 34.5 Å². The number of H-pyrrole nitrogens is 1. The molecular weight excluding hydrogens is 384 g/mol. The number of aromatic amines is 1. The fourth-order valence-electron chi connectivity index (χ4n) is 2.48. The zero-order valence-electron chi connectivity index (χ0n) is 13.8. The quantitative estimate of drug-likeness (QED) is 0.484. The lowest BCUT2D eigenvalue weighted by Gasteiger charge is -2.07. The molecule has 8 heteroatoms. The first kappa shape index (κ1) is 17.3. The molecule has 1 aromatic carbocycles. The van der Waals surface area contributed by atoms with Crippen LogP contribution < -0.4 is 10.1 Å². The highest BCUT2D eigenvalue weighted by molar-refractivity contribution is 7.19. The lowest BCUT2D eigenvalue weighted by atomic mass is 10.1. The Morgan fingerprint density at radius 2 is 1.96 bits per heavy atom. The van der Waals surface area contributed by atoms with Crippen LogP contribution in [0.5, 0.6) is 11.6 Å². The van der Waals surface area contributed by atoms with Crippen molar-refractivity contribution in [1.29, 1.82) is 0 Å². The number of anilines is 1. The molecule has 0 spiro atoms. The van der Waals surface area contributed by atoms with Crippen LogP contribution in [-0.4, -0.2) is 20.9 Å². The summed E-state index contributed by atoms with van der Waals surface area (Å²) in [4.78, 5) is 24.6. The van der Waals surface area contributed by atoms with Crippen LogP contribution in [0.4, 0.5) is 5.69 Å². The molecule has 0 bridgehead atoms. The number of rotatable bonds is 5. The molecule has 3 heterocycles. The smallest absolute Gasteiger partial charge is 0.257 e. The molecule has 0 aliphatic rings. The topological polar surface area (TPSA) is 79.9 Å². The maximum atomic E-state index is 12.6. The van der Waals surface area contributed by atoms with E-state index in [4.69, 9.17) is 16.3 Å². The lowest BCUT2D eigenvalue weighted by Crippen LogP contribution is -2.11. The van der Waals surface area contributed by atoms with Crippen LogP contribution in [0.15, 0.2) is 67.4 Å². The SMILES string of the molecule is O=C(Nc1ccc(Oc2cnccn2)cc1)c1c[nH]cc1-c1ccc(Cl)s1. The number of ether oxygens (including phenoxy) is 1. The number of carbonyl (C=O) groups excluding carboxylic acids is 1. The molecule has 0 aliphatic heterocycles. The minimum absolute atomic E-state index is 0.210. The van der Waals surface area contributed by atoms with Crippen molar-refractivity contribution in [3.63, 3.8) is 0 Å². The zero-order valence-corrected chi connectivity index (χ0v) is 15.4. The van der Waals surface area contributed by atoms with E-state index in [2.05, 4.69) is 20.3 Å². The number of thiophene rings is 1. The number of carbonyl (C=O) groups is 1. The monoisotopic (exact) mass is 396 g/mol. The van der Waals surface area contributed by atoms with Crippen LogP contribution in [0, 0.1) is 0 Å². The summed E-state index contributed by atoms with van der Waals surface area (Å²) in [5.74, 6) is 0.795. The molecule has 0 unspecified atom stereocenters. The summed E-state index contributed by atoms with van der Waals surface area (Å²) in [5.41, 5.74) is 2.02. The van der Waals surface area contributed by atoms with E-state index < -0.39 is 0 Å². The second-order valence-corrected chi connectivity index (χ2v) is 7.23. The van der Waals surface area contributed by atoms with E-state index in [1.165, 1.54) is 17.5 Å². The molecule has 1 amide bonds. The van der Waals surface area contributed by atoms with E-state index in [1.54, 1.807) is 49.1 Å². The van der Waals surface area contributed by atoms with E-state index in [0.717, 1.165) is 10.4 Å². The number of amides is 1. The Kier molecular flexibility index (Phi) is 4.86. The van der Waals surface area contributed by atoms with Gasteiger partial charge in [-0.25, -0.2) is 4.98 Å². The van der Waals surface area contributed by atoms with Gasteiger partial charge in [-0.15, -0.1) is 11.3 Å². The van der Waals surface area contributed by atoms with Gasteiger partial charge in [0.2, 0.25) is 5.88 Å². The molecule has 0 atom stereocenters. The largest absolute Gasteiger partial charge is 0.438 e. The van der Waals surface area contributed by atoms with Crippen LogP contribution in [-0.2, 0) is 0 Å². The molecule has 134 valence electrons. The molecule has 4 rings (SSSR count). The van der Waals surface area contributed by atoms with Gasteiger partial charge >= 0.3 is 0 Å². The summed E-state index contributed by atoms with van der Waals surface area (Å²) in [6.45, 7) is 0. The number of benzene rings is 1. The molecule has 0 fully saturated rings. The van der Waals surface area contributed by atoms with Crippen molar-refractivity contribution in [3.8, 4) is 22.1 Å². The minimum Gasteiger partial charge on any atom is -0.438 e. The number of aromatic nitrogens is 3. The molecule has 0 saturated carbocycles. The molecule has 2 N–H and O–H groups in total. The molecule has 27 heavy (non-hydrogen) atoms. The standard InChI is InChI=1S/C19H13ClN4O2S/c20-17-6-5-16(27-17)14-9-22-10-15(14)19(25)24-12-1-3-13(4-2-12)26-18-11-21-7-8-23-18/h1-11,22H,(H,24,25). The van der Waals surface area contributed by atoms with Gasteiger partial charge in [-0.3, -0.25) is 9.78 Å². The van der Waals surface area contributed by atoms with E-state index >= 15 is 0 Å². The van der Waals surface area contributed by atoms with Gasteiger partial charge in [-0.2, -0.15) is 0 Å². The first-order chi connectivity index (χ1) is 13.2. The Labute approximate surface area is 163 Å². The first-order valence-corrected chi connectivity index (χ1v) is 9.16. The maximum Gasteiger partial charge on any atom is 0.257 e. The highest BCUT2D eigenvalue weighted by Crippen LogP contribution is 2.33. The number of hydrogen-bond acceptors (Lipinski definition) is 5. The van der Waals surface area contributed by atoms with Crippen molar-refractivity contribution in [3.05, 3.63) is 77.3 Å². The summed E-state index contributed by atoms with van der Waals surface area (Å²) in [5, 5.41) is 2.88. The number of nitrogens with one attached hydrogen (secondary N) is 2. The van der Waals surface area contributed by atoms with Crippen molar-refractivity contribution in [2.75, 3.05) is 5.32 Å². The van der Waals surface area contributed by atoms with Crippen molar-refractivity contribution in [2.24, 2.45) is 0 Å².